The highest BCUT2D eigenvalue weighted by Gasteiger charge is 2.39. The van der Waals surface area contributed by atoms with Crippen molar-refractivity contribution < 1.29 is 35.8 Å². The zero-order valence-electron chi connectivity index (χ0n) is 23.2. The van der Waals surface area contributed by atoms with E-state index in [1.165, 1.54) is 19.1 Å². The zero-order chi connectivity index (χ0) is 29.7. The monoisotopic (exact) mass is 576 g/mol. The summed E-state index contributed by atoms with van der Waals surface area (Å²) < 4.78 is 98.3. The largest absolute Gasteiger partial charge is 0.491 e. The molecule has 4 rings (SSSR count). The van der Waals surface area contributed by atoms with Crippen LogP contribution in [0.15, 0.2) is 55.1 Å². The second-order valence-corrected chi connectivity index (χ2v) is 10.6. The van der Waals surface area contributed by atoms with Gasteiger partial charge in [0.1, 0.15) is 28.8 Å². The lowest BCUT2D eigenvalue weighted by molar-refractivity contribution is -0.188. The minimum Gasteiger partial charge on any atom is -0.491 e. The van der Waals surface area contributed by atoms with Gasteiger partial charge in [-0.1, -0.05) is 18.2 Å². The van der Waals surface area contributed by atoms with E-state index in [1.807, 2.05) is 12.1 Å². The Labute approximate surface area is 237 Å². The maximum atomic E-state index is 14.9. The van der Waals surface area contributed by atoms with E-state index in [0.29, 0.717) is 29.7 Å². The molecule has 0 heterocycles. The lowest BCUT2D eigenvalue weighted by Crippen LogP contribution is -2.24. The molecule has 0 atom stereocenters. The molecule has 1 saturated carbocycles. The van der Waals surface area contributed by atoms with Crippen LogP contribution in [0.3, 0.4) is 0 Å². The molecule has 1 fully saturated rings. The Hall–Kier alpha value is -3.42. The van der Waals surface area contributed by atoms with Crippen molar-refractivity contribution in [1.29, 1.82) is 0 Å². The number of hydrogen-bond donors (Lipinski definition) is 0. The first-order valence-electron chi connectivity index (χ1n) is 13.9. The standard InChI is InChI=1S/C33H34F6O2/c1-4-6-21-7-9-22(10-8-21)24-13-11-23(27(34)16-24)12-14-25-17-29(36)26(18-28(25)35)33(38,39)41-31-19-30(37)32(40-5-2)15-20(31)3/h4,11,13,15-19,21-22H,1,5-10,12,14H2,2-3H3. The summed E-state index contributed by atoms with van der Waals surface area (Å²) in [6, 6.07) is 7.98. The minimum absolute atomic E-state index is 0.0610. The number of alkyl halides is 2. The number of hydrogen-bond acceptors (Lipinski definition) is 2. The first-order valence-corrected chi connectivity index (χ1v) is 13.9. The van der Waals surface area contributed by atoms with E-state index in [9.17, 15) is 26.3 Å². The van der Waals surface area contributed by atoms with Gasteiger partial charge in [0.25, 0.3) is 0 Å². The molecular weight excluding hydrogens is 542 g/mol. The molecule has 2 nitrogen and oxygen atoms in total. The summed E-state index contributed by atoms with van der Waals surface area (Å²) in [5.74, 6) is -3.59. The van der Waals surface area contributed by atoms with E-state index in [4.69, 9.17) is 4.74 Å². The van der Waals surface area contributed by atoms with Crippen LogP contribution in [0.25, 0.3) is 0 Å². The van der Waals surface area contributed by atoms with Gasteiger partial charge < -0.3 is 9.47 Å². The Kier molecular flexibility index (Phi) is 9.72. The molecule has 0 spiro atoms. The molecule has 0 saturated heterocycles. The zero-order valence-corrected chi connectivity index (χ0v) is 23.2. The molecule has 41 heavy (non-hydrogen) atoms. The molecule has 8 heteroatoms. The SMILES string of the molecule is C=CCC1CCC(c2ccc(CCc3cc(F)c(C(F)(F)Oc4cc(F)c(OCC)cc4C)cc3F)c(F)c2)CC1. The van der Waals surface area contributed by atoms with Gasteiger partial charge in [0, 0.05) is 6.07 Å². The summed E-state index contributed by atoms with van der Waals surface area (Å²) in [6.07, 6.45) is 2.71. The molecular formula is C33H34F6O2. The van der Waals surface area contributed by atoms with Crippen molar-refractivity contribution >= 4 is 0 Å². The first kappa shape index (κ1) is 30.5. The molecule has 0 bridgehead atoms. The lowest BCUT2D eigenvalue weighted by atomic mass is 9.77. The summed E-state index contributed by atoms with van der Waals surface area (Å²) in [7, 11) is 0. The fraction of sp³-hybridized carbons (Fsp3) is 0.394. The topological polar surface area (TPSA) is 18.5 Å². The van der Waals surface area contributed by atoms with Gasteiger partial charge in [-0.05, 0) is 117 Å². The van der Waals surface area contributed by atoms with Gasteiger partial charge >= 0.3 is 6.11 Å². The molecule has 0 aromatic heterocycles. The van der Waals surface area contributed by atoms with Crippen LogP contribution in [0.4, 0.5) is 26.3 Å². The maximum absolute atomic E-state index is 14.9. The molecule has 3 aromatic rings. The highest BCUT2D eigenvalue weighted by atomic mass is 19.3. The average molecular weight is 577 g/mol. The van der Waals surface area contributed by atoms with E-state index >= 15 is 0 Å². The van der Waals surface area contributed by atoms with Crippen LogP contribution in [0.5, 0.6) is 11.5 Å². The summed E-state index contributed by atoms with van der Waals surface area (Å²) in [4.78, 5) is 0. The molecule has 0 amide bonds. The van der Waals surface area contributed by atoms with Gasteiger partial charge in [-0.25, -0.2) is 17.6 Å². The Morgan fingerprint density at radius 3 is 2.17 bits per heavy atom. The Balaban J connectivity index is 1.44. The van der Waals surface area contributed by atoms with Gasteiger partial charge in [0.15, 0.2) is 11.6 Å². The van der Waals surface area contributed by atoms with Crippen molar-refractivity contribution in [3.8, 4) is 11.5 Å². The quantitative estimate of drug-likeness (QED) is 0.167. The van der Waals surface area contributed by atoms with E-state index in [-0.39, 0.29) is 42.2 Å². The van der Waals surface area contributed by atoms with Crippen molar-refractivity contribution in [1.82, 2.24) is 0 Å². The van der Waals surface area contributed by atoms with Crippen LogP contribution < -0.4 is 9.47 Å². The minimum atomic E-state index is -4.29. The molecule has 0 unspecified atom stereocenters. The summed E-state index contributed by atoms with van der Waals surface area (Å²) in [5, 5.41) is 0. The average Bonchev–Trinajstić information content (AvgIpc) is 2.93. The molecule has 1 aliphatic carbocycles. The van der Waals surface area contributed by atoms with Gasteiger partial charge in [-0.2, -0.15) is 8.78 Å². The van der Waals surface area contributed by atoms with Crippen molar-refractivity contribution in [2.24, 2.45) is 5.92 Å². The summed E-state index contributed by atoms with van der Waals surface area (Å²) in [6.45, 7) is 7.00. The van der Waals surface area contributed by atoms with Crippen LogP contribution in [0.1, 0.15) is 72.8 Å². The smallest absolute Gasteiger partial charge is 0.429 e. The molecule has 1 aliphatic rings. The van der Waals surface area contributed by atoms with Crippen molar-refractivity contribution in [2.75, 3.05) is 6.61 Å². The normalized spacial score (nSPS) is 17.4. The molecule has 0 aliphatic heterocycles. The van der Waals surface area contributed by atoms with Crippen molar-refractivity contribution in [3.05, 3.63) is 106 Å². The van der Waals surface area contributed by atoms with Crippen LogP contribution in [0, 0.1) is 36.1 Å². The van der Waals surface area contributed by atoms with Crippen LogP contribution in [-0.4, -0.2) is 6.61 Å². The molecule has 0 N–H and O–H groups in total. The van der Waals surface area contributed by atoms with E-state index in [1.54, 1.807) is 13.0 Å². The van der Waals surface area contributed by atoms with Gasteiger partial charge in [0.2, 0.25) is 0 Å². The van der Waals surface area contributed by atoms with E-state index < -0.39 is 40.7 Å². The Morgan fingerprint density at radius 1 is 0.829 bits per heavy atom. The predicted molar refractivity (Wildman–Crippen MR) is 147 cm³/mol. The highest BCUT2D eigenvalue weighted by molar-refractivity contribution is 5.41. The van der Waals surface area contributed by atoms with E-state index in [0.717, 1.165) is 37.7 Å². The maximum Gasteiger partial charge on any atom is 0.429 e. The van der Waals surface area contributed by atoms with Crippen molar-refractivity contribution in [2.45, 2.75) is 70.8 Å². The second-order valence-electron chi connectivity index (χ2n) is 10.6. The Morgan fingerprint density at radius 2 is 1.51 bits per heavy atom. The third kappa shape index (κ3) is 7.27. The summed E-state index contributed by atoms with van der Waals surface area (Å²) in [5.41, 5.74) is -0.116. The van der Waals surface area contributed by atoms with Crippen LogP contribution >= 0.6 is 0 Å². The fourth-order valence-corrected chi connectivity index (χ4v) is 5.47. The van der Waals surface area contributed by atoms with E-state index in [2.05, 4.69) is 11.3 Å². The van der Waals surface area contributed by atoms with Crippen LogP contribution in [-0.2, 0) is 19.0 Å². The summed E-state index contributed by atoms with van der Waals surface area (Å²) >= 11 is 0. The number of halogens is 6. The highest BCUT2D eigenvalue weighted by Crippen LogP contribution is 2.39. The van der Waals surface area contributed by atoms with Gasteiger partial charge in [-0.3, -0.25) is 0 Å². The molecule has 3 aromatic carbocycles. The van der Waals surface area contributed by atoms with Crippen molar-refractivity contribution in [3.63, 3.8) is 0 Å². The third-order valence-electron chi connectivity index (χ3n) is 7.78. The predicted octanol–water partition coefficient (Wildman–Crippen LogP) is 9.71. The van der Waals surface area contributed by atoms with Crippen LogP contribution in [0.2, 0.25) is 0 Å². The number of allylic oxidation sites excluding steroid dienone is 1. The second kappa shape index (κ2) is 13.0. The third-order valence-corrected chi connectivity index (χ3v) is 7.78. The molecule has 220 valence electrons. The fourth-order valence-electron chi connectivity index (χ4n) is 5.47. The number of rotatable bonds is 11. The molecule has 0 radical (unpaired) electrons. The lowest BCUT2D eigenvalue weighted by Gasteiger charge is -2.28. The van der Waals surface area contributed by atoms with Gasteiger partial charge in [-0.15, -0.1) is 6.58 Å². The number of benzene rings is 3. The number of aryl methyl sites for hydroxylation is 3. The Bertz CT molecular complexity index is 1380. The first-order chi connectivity index (χ1) is 19.5. The van der Waals surface area contributed by atoms with Gasteiger partial charge in [0.05, 0.1) is 6.61 Å². The number of ether oxygens (including phenoxy) is 2.